The van der Waals surface area contributed by atoms with Crippen LogP contribution in [-0.4, -0.2) is 42.2 Å². The van der Waals surface area contributed by atoms with E-state index in [1.807, 2.05) is 21.0 Å². The lowest BCUT2D eigenvalue weighted by Crippen LogP contribution is -2.35. The molecule has 1 aliphatic carbocycles. The number of likely N-dealkylation sites (N-methyl/N-ethyl adjacent to an activating group) is 1. The number of hydrogen-bond acceptors (Lipinski definition) is 3. The van der Waals surface area contributed by atoms with Gasteiger partial charge in [0.2, 0.25) is 0 Å². The number of hydrogen-bond donors (Lipinski definition) is 2. The van der Waals surface area contributed by atoms with Crippen molar-refractivity contribution in [2.75, 3.05) is 20.6 Å². The second-order valence-electron chi connectivity index (χ2n) is 7.54. The fourth-order valence-corrected chi connectivity index (χ4v) is 3.85. The maximum Gasteiger partial charge on any atom is 0.268 e. The fourth-order valence-electron chi connectivity index (χ4n) is 3.85. The van der Waals surface area contributed by atoms with Gasteiger partial charge in [-0.05, 0) is 57.0 Å². The molecule has 1 aromatic carbocycles. The largest absolute Gasteiger partial charge is 0.354 e. The Bertz CT molecular complexity index is 834. The van der Waals surface area contributed by atoms with Crippen molar-refractivity contribution in [2.45, 2.75) is 45.6 Å². The predicted molar refractivity (Wildman–Crippen MR) is 107 cm³/mol. The topological polar surface area (TPSA) is 65.2 Å². The predicted octanol–water partition coefficient (Wildman–Crippen LogP) is 3.44. The van der Waals surface area contributed by atoms with Gasteiger partial charge in [-0.1, -0.05) is 31.2 Å². The first-order valence-electron chi connectivity index (χ1n) is 9.70. The summed E-state index contributed by atoms with van der Waals surface area (Å²) < 4.78 is 0. The molecule has 1 heterocycles. The van der Waals surface area contributed by atoms with Gasteiger partial charge in [-0.25, -0.2) is 0 Å². The molecule has 1 aliphatic rings. The number of rotatable bonds is 6. The normalized spacial score (nSPS) is 14.9. The number of H-pyrrole nitrogens is 1. The van der Waals surface area contributed by atoms with Crippen molar-refractivity contribution in [1.29, 1.82) is 0 Å². The maximum atomic E-state index is 12.8. The number of carbonyl (C=O) groups excluding carboxylic acids is 2. The van der Waals surface area contributed by atoms with E-state index in [0.717, 1.165) is 36.1 Å². The highest BCUT2D eigenvalue weighted by Crippen LogP contribution is 2.26. The van der Waals surface area contributed by atoms with Gasteiger partial charge in [0.1, 0.15) is 5.69 Å². The van der Waals surface area contributed by atoms with Crippen LogP contribution in [0.1, 0.15) is 69.0 Å². The second-order valence-corrected chi connectivity index (χ2v) is 7.54. The van der Waals surface area contributed by atoms with Gasteiger partial charge in [0.05, 0.1) is 6.04 Å². The van der Waals surface area contributed by atoms with Gasteiger partial charge in [0.15, 0.2) is 5.78 Å². The number of aryl methyl sites for hydroxylation is 2. The van der Waals surface area contributed by atoms with Crippen LogP contribution in [0.25, 0.3) is 0 Å². The first-order valence-corrected chi connectivity index (χ1v) is 9.70. The number of benzene rings is 1. The molecule has 1 amide bonds. The van der Waals surface area contributed by atoms with Crippen molar-refractivity contribution in [2.24, 2.45) is 0 Å². The number of fused-ring (bicyclic) bond motifs is 1. The van der Waals surface area contributed by atoms with Crippen LogP contribution >= 0.6 is 0 Å². The Labute approximate surface area is 161 Å². The number of nitrogens with zero attached hydrogens (tertiary/aromatic N) is 1. The number of amides is 1. The van der Waals surface area contributed by atoms with Crippen LogP contribution < -0.4 is 5.32 Å². The van der Waals surface area contributed by atoms with E-state index in [1.54, 1.807) is 0 Å². The number of ketones is 1. The Morgan fingerprint density at radius 1 is 1.22 bits per heavy atom. The van der Waals surface area contributed by atoms with Crippen LogP contribution in [0.5, 0.6) is 0 Å². The molecule has 1 aromatic heterocycles. The van der Waals surface area contributed by atoms with Crippen molar-refractivity contribution in [1.82, 2.24) is 15.2 Å². The quantitative estimate of drug-likeness (QED) is 0.822. The maximum absolute atomic E-state index is 12.8. The van der Waals surface area contributed by atoms with Gasteiger partial charge < -0.3 is 15.2 Å². The van der Waals surface area contributed by atoms with Crippen molar-refractivity contribution < 1.29 is 9.59 Å². The molecule has 0 saturated heterocycles. The van der Waals surface area contributed by atoms with E-state index in [-0.39, 0.29) is 17.7 Å². The third kappa shape index (κ3) is 3.98. The summed E-state index contributed by atoms with van der Waals surface area (Å²) in [7, 11) is 4.03. The average molecular weight is 367 g/mol. The number of carbonyl (C=O) groups is 2. The minimum atomic E-state index is -0.147. The molecule has 3 rings (SSSR count). The van der Waals surface area contributed by atoms with E-state index in [4.69, 9.17) is 0 Å². The van der Waals surface area contributed by atoms with Gasteiger partial charge in [0.25, 0.3) is 5.91 Å². The summed E-state index contributed by atoms with van der Waals surface area (Å²) in [6.07, 6.45) is 3.27. The third-order valence-electron chi connectivity index (χ3n) is 5.52. The van der Waals surface area contributed by atoms with Crippen LogP contribution in [0.4, 0.5) is 0 Å². The SMILES string of the molecule is CCc1ccc(C(CNC(=O)c2[nH]c3c(c2C)C(=O)CCC3)N(C)C)cc1. The third-order valence-corrected chi connectivity index (χ3v) is 5.52. The molecular formula is C22H29N3O2. The first kappa shape index (κ1) is 19.4. The van der Waals surface area contributed by atoms with Crippen LogP contribution in [-0.2, 0) is 12.8 Å². The van der Waals surface area contributed by atoms with Crippen LogP contribution in [0.2, 0.25) is 0 Å². The summed E-state index contributed by atoms with van der Waals surface area (Å²) in [5, 5.41) is 3.05. The molecule has 1 atom stereocenters. The van der Waals surface area contributed by atoms with Crippen LogP contribution in [0, 0.1) is 6.92 Å². The summed E-state index contributed by atoms with van der Waals surface area (Å²) in [5.41, 5.74) is 5.42. The smallest absolute Gasteiger partial charge is 0.268 e. The zero-order chi connectivity index (χ0) is 19.6. The molecule has 0 fully saturated rings. The van der Waals surface area contributed by atoms with Crippen LogP contribution in [0.15, 0.2) is 24.3 Å². The zero-order valence-electron chi connectivity index (χ0n) is 16.7. The Morgan fingerprint density at radius 2 is 1.93 bits per heavy atom. The van der Waals surface area contributed by atoms with Gasteiger partial charge in [-0.2, -0.15) is 0 Å². The second kappa shape index (κ2) is 8.09. The molecule has 2 aromatic rings. The van der Waals surface area contributed by atoms with E-state index < -0.39 is 0 Å². The van der Waals surface area contributed by atoms with Crippen molar-refractivity contribution >= 4 is 11.7 Å². The van der Waals surface area contributed by atoms with E-state index in [2.05, 4.69) is 46.4 Å². The van der Waals surface area contributed by atoms with Gasteiger partial charge in [-0.3, -0.25) is 9.59 Å². The first-order chi connectivity index (χ1) is 12.9. The highest BCUT2D eigenvalue weighted by molar-refractivity contribution is 6.04. The lowest BCUT2D eigenvalue weighted by Gasteiger charge is -2.25. The molecule has 5 heteroatoms. The molecule has 5 nitrogen and oxygen atoms in total. The number of nitrogens with one attached hydrogen (secondary N) is 2. The van der Waals surface area contributed by atoms with Gasteiger partial charge in [0, 0.05) is 24.2 Å². The van der Waals surface area contributed by atoms with E-state index in [9.17, 15) is 9.59 Å². The summed E-state index contributed by atoms with van der Waals surface area (Å²) in [6, 6.07) is 8.64. The monoisotopic (exact) mass is 367 g/mol. The Morgan fingerprint density at radius 3 is 2.52 bits per heavy atom. The molecule has 144 valence electrons. The van der Waals surface area contributed by atoms with E-state index in [0.29, 0.717) is 18.7 Å². The molecule has 0 bridgehead atoms. The molecule has 0 aliphatic heterocycles. The highest BCUT2D eigenvalue weighted by Gasteiger charge is 2.26. The number of aromatic amines is 1. The number of aromatic nitrogens is 1. The molecule has 2 N–H and O–H groups in total. The molecule has 0 spiro atoms. The Kier molecular flexibility index (Phi) is 5.80. The molecular weight excluding hydrogens is 338 g/mol. The lowest BCUT2D eigenvalue weighted by molar-refractivity contribution is 0.0936. The van der Waals surface area contributed by atoms with Gasteiger partial charge >= 0.3 is 0 Å². The molecule has 27 heavy (non-hydrogen) atoms. The summed E-state index contributed by atoms with van der Waals surface area (Å²) in [5.74, 6) is -0.00189. The Balaban J connectivity index is 1.74. The van der Waals surface area contributed by atoms with Crippen molar-refractivity contribution in [3.8, 4) is 0 Å². The average Bonchev–Trinajstić information content (AvgIpc) is 3.00. The summed E-state index contributed by atoms with van der Waals surface area (Å²) >= 11 is 0. The molecule has 0 saturated carbocycles. The van der Waals surface area contributed by atoms with Crippen LogP contribution in [0.3, 0.4) is 0 Å². The zero-order valence-corrected chi connectivity index (χ0v) is 16.7. The summed E-state index contributed by atoms with van der Waals surface area (Å²) in [6.45, 7) is 4.51. The van der Waals surface area contributed by atoms with Crippen molar-refractivity contribution in [3.05, 3.63) is 57.9 Å². The van der Waals surface area contributed by atoms with E-state index in [1.165, 1.54) is 11.1 Å². The number of Topliss-reactive ketones (excluding diaryl/α,β-unsaturated/α-hetero) is 1. The Hall–Kier alpha value is -2.40. The fraction of sp³-hybridized carbons (Fsp3) is 0.455. The van der Waals surface area contributed by atoms with Crippen molar-refractivity contribution in [3.63, 3.8) is 0 Å². The standard InChI is InChI=1S/C22H29N3O2/c1-5-15-9-11-16(12-10-15)18(25(3)4)13-23-22(27)21-14(2)20-17(24-21)7-6-8-19(20)26/h9-12,18,24H,5-8,13H2,1-4H3,(H,23,27). The highest BCUT2D eigenvalue weighted by atomic mass is 16.2. The minimum Gasteiger partial charge on any atom is -0.354 e. The summed E-state index contributed by atoms with van der Waals surface area (Å²) in [4.78, 5) is 30.3. The molecule has 0 radical (unpaired) electrons. The van der Waals surface area contributed by atoms with Gasteiger partial charge in [-0.15, -0.1) is 0 Å². The minimum absolute atomic E-state index is 0.0892. The van der Waals surface area contributed by atoms with E-state index >= 15 is 0 Å². The lowest BCUT2D eigenvalue weighted by atomic mass is 9.94. The molecule has 1 unspecified atom stereocenters.